The molecule has 0 saturated carbocycles. The summed E-state index contributed by atoms with van der Waals surface area (Å²) in [5, 5.41) is 3.44. The number of nitrogens with one attached hydrogen (secondary N) is 1. The maximum absolute atomic E-state index is 12.6. The lowest BCUT2D eigenvalue weighted by atomic mass is 10.1. The molecule has 80 valence electrons. The lowest BCUT2D eigenvalue weighted by Gasteiger charge is -2.04. The van der Waals surface area contributed by atoms with E-state index in [-0.39, 0.29) is 5.82 Å². The smallest absolute Gasteiger partial charge is 0.123 e. The lowest BCUT2D eigenvalue weighted by molar-refractivity contribution is 0.615. The van der Waals surface area contributed by atoms with Crippen LogP contribution in [0, 0.1) is 5.82 Å². The molecule has 1 saturated heterocycles. The van der Waals surface area contributed by atoms with E-state index in [1.54, 1.807) is 12.1 Å². The van der Waals surface area contributed by atoms with Gasteiger partial charge in [0.2, 0.25) is 0 Å². The van der Waals surface area contributed by atoms with Crippen molar-refractivity contribution in [1.82, 2.24) is 5.32 Å². The van der Waals surface area contributed by atoms with Crippen molar-refractivity contribution in [3.8, 4) is 0 Å². The van der Waals surface area contributed by atoms with E-state index in [2.05, 4.69) is 17.5 Å². The number of rotatable bonds is 3. The van der Waals surface area contributed by atoms with Crippen LogP contribution in [-0.4, -0.2) is 12.6 Å². The monoisotopic (exact) mass is 205 g/mol. The van der Waals surface area contributed by atoms with Gasteiger partial charge in [-0.2, -0.15) is 0 Å². The van der Waals surface area contributed by atoms with Crippen LogP contribution in [0.5, 0.6) is 0 Å². The largest absolute Gasteiger partial charge is 0.314 e. The normalized spacial score (nSPS) is 21.3. The van der Waals surface area contributed by atoms with Gasteiger partial charge in [0.05, 0.1) is 0 Å². The van der Waals surface area contributed by atoms with Crippen LogP contribution in [0.4, 0.5) is 4.39 Å². The summed E-state index contributed by atoms with van der Waals surface area (Å²) in [4.78, 5) is 0. The van der Waals surface area contributed by atoms with Gasteiger partial charge >= 0.3 is 0 Å². The fourth-order valence-electron chi connectivity index (χ4n) is 1.90. The van der Waals surface area contributed by atoms with Crippen LogP contribution < -0.4 is 5.32 Å². The average molecular weight is 205 g/mol. The molecule has 1 N–H and O–H groups in total. The van der Waals surface area contributed by atoms with Crippen molar-refractivity contribution in [2.24, 2.45) is 0 Å². The van der Waals surface area contributed by atoms with Gasteiger partial charge in [0.1, 0.15) is 5.82 Å². The van der Waals surface area contributed by atoms with Crippen molar-refractivity contribution in [3.63, 3.8) is 0 Å². The van der Waals surface area contributed by atoms with Crippen LogP contribution in [0.25, 0.3) is 6.08 Å². The topological polar surface area (TPSA) is 12.0 Å². The minimum Gasteiger partial charge on any atom is -0.314 e. The first kappa shape index (κ1) is 10.4. The number of hydrogen-bond donors (Lipinski definition) is 1. The Morgan fingerprint density at radius 2 is 2.13 bits per heavy atom. The Kier molecular flexibility index (Phi) is 3.51. The highest BCUT2D eigenvalue weighted by Crippen LogP contribution is 2.11. The third-order valence-corrected chi connectivity index (χ3v) is 2.76. The van der Waals surface area contributed by atoms with Gasteiger partial charge in [0, 0.05) is 6.04 Å². The molecule has 1 aliphatic rings. The number of halogens is 1. The fraction of sp³-hybridized carbons (Fsp3) is 0.385. The van der Waals surface area contributed by atoms with E-state index in [9.17, 15) is 4.39 Å². The molecule has 1 fully saturated rings. The molecule has 1 aromatic carbocycles. The van der Waals surface area contributed by atoms with Crippen LogP contribution in [0.3, 0.4) is 0 Å². The van der Waals surface area contributed by atoms with E-state index < -0.39 is 0 Å². The molecule has 15 heavy (non-hydrogen) atoms. The third-order valence-electron chi connectivity index (χ3n) is 2.76. The molecule has 0 radical (unpaired) electrons. The SMILES string of the molecule is Fc1ccc(/C=C/CC2CCCN2)cc1. The second-order valence-electron chi connectivity index (χ2n) is 3.98. The Bertz CT molecular complexity index is 323. The van der Waals surface area contributed by atoms with Crippen LogP contribution in [0.2, 0.25) is 0 Å². The van der Waals surface area contributed by atoms with Crippen molar-refractivity contribution in [2.75, 3.05) is 6.54 Å². The third kappa shape index (κ3) is 3.17. The van der Waals surface area contributed by atoms with Gasteiger partial charge in [-0.3, -0.25) is 0 Å². The summed E-state index contributed by atoms with van der Waals surface area (Å²) in [6.45, 7) is 1.15. The van der Waals surface area contributed by atoms with E-state index >= 15 is 0 Å². The van der Waals surface area contributed by atoms with Crippen molar-refractivity contribution in [1.29, 1.82) is 0 Å². The van der Waals surface area contributed by atoms with Gasteiger partial charge in [-0.05, 0) is 43.5 Å². The molecule has 2 heteroatoms. The zero-order valence-electron chi connectivity index (χ0n) is 8.75. The zero-order valence-corrected chi connectivity index (χ0v) is 8.75. The van der Waals surface area contributed by atoms with Crippen molar-refractivity contribution < 1.29 is 4.39 Å². The van der Waals surface area contributed by atoms with Crippen molar-refractivity contribution in [2.45, 2.75) is 25.3 Å². The first-order valence-electron chi connectivity index (χ1n) is 5.50. The number of benzene rings is 1. The van der Waals surface area contributed by atoms with E-state index in [1.807, 2.05) is 0 Å². The highest BCUT2D eigenvalue weighted by Gasteiger charge is 2.11. The van der Waals surface area contributed by atoms with Crippen LogP contribution >= 0.6 is 0 Å². The first-order chi connectivity index (χ1) is 7.34. The summed E-state index contributed by atoms with van der Waals surface area (Å²) < 4.78 is 12.6. The van der Waals surface area contributed by atoms with E-state index in [4.69, 9.17) is 0 Å². The fourth-order valence-corrected chi connectivity index (χ4v) is 1.90. The van der Waals surface area contributed by atoms with Gasteiger partial charge in [0.15, 0.2) is 0 Å². The van der Waals surface area contributed by atoms with Gasteiger partial charge in [-0.1, -0.05) is 24.3 Å². The second-order valence-corrected chi connectivity index (χ2v) is 3.98. The maximum Gasteiger partial charge on any atom is 0.123 e. The molecular formula is C13H16FN. The molecule has 0 bridgehead atoms. The first-order valence-corrected chi connectivity index (χ1v) is 5.50. The van der Waals surface area contributed by atoms with Gasteiger partial charge < -0.3 is 5.32 Å². The van der Waals surface area contributed by atoms with E-state index in [1.165, 1.54) is 25.0 Å². The highest BCUT2D eigenvalue weighted by molar-refractivity contribution is 5.48. The Hall–Kier alpha value is -1.15. The highest BCUT2D eigenvalue weighted by atomic mass is 19.1. The zero-order chi connectivity index (χ0) is 10.5. The van der Waals surface area contributed by atoms with Gasteiger partial charge in [-0.25, -0.2) is 4.39 Å². The Morgan fingerprint density at radius 3 is 2.80 bits per heavy atom. The minimum atomic E-state index is -0.176. The van der Waals surface area contributed by atoms with Gasteiger partial charge in [0.25, 0.3) is 0 Å². The predicted molar refractivity (Wildman–Crippen MR) is 61.1 cm³/mol. The number of hydrogen-bond acceptors (Lipinski definition) is 1. The summed E-state index contributed by atoms with van der Waals surface area (Å²) in [5.74, 6) is -0.176. The molecule has 1 aromatic rings. The van der Waals surface area contributed by atoms with Crippen LogP contribution in [0.1, 0.15) is 24.8 Å². The lowest BCUT2D eigenvalue weighted by Crippen LogP contribution is -2.19. The molecule has 0 amide bonds. The van der Waals surface area contributed by atoms with Gasteiger partial charge in [-0.15, -0.1) is 0 Å². The van der Waals surface area contributed by atoms with Crippen molar-refractivity contribution >= 4 is 6.08 Å². The Balaban J connectivity index is 1.85. The molecule has 0 aliphatic carbocycles. The average Bonchev–Trinajstić information content (AvgIpc) is 2.74. The standard InChI is InChI=1S/C13H16FN/c14-12-8-6-11(7-9-12)3-1-4-13-5-2-10-15-13/h1,3,6-9,13,15H,2,4-5,10H2/b3-1+. The summed E-state index contributed by atoms with van der Waals surface area (Å²) >= 11 is 0. The molecule has 1 nitrogen and oxygen atoms in total. The molecule has 1 atom stereocenters. The summed E-state index contributed by atoms with van der Waals surface area (Å²) in [7, 11) is 0. The molecular weight excluding hydrogens is 189 g/mol. The van der Waals surface area contributed by atoms with Crippen molar-refractivity contribution in [3.05, 3.63) is 41.7 Å². The minimum absolute atomic E-state index is 0.176. The quantitative estimate of drug-likeness (QED) is 0.800. The second kappa shape index (κ2) is 5.08. The molecule has 1 unspecified atom stereocenters. The Morgan fingerprint density at radius 1 is 1.33 bits per heavy atom. The Labute approximate surface area is 90.0 Å². The van der Waals surface area contributed by atoms with E-state index in [0.717, 1.165) is 18.5 Å². The van der Waals surface area contributed by atoms with Crippen LogP contribution in [0.15, 0.2) is 30.3 Å². The molecule has 2 rings (SSSR count). The molecule has 0 spiro atoms. The molecule has 1 aliphatic heterocycles. The summed E-state index contributed by atoms with van der Waals surface area (Å²) in [6.07, 6.45) is 7.84. The predicted octanol–water partition coefficient (Wildman–Crippen LogP) is 2.98. The summed E-state index contributed by atoms with van der Waals surface area (Å²) in [5.41, 5.74) is 1.06. The molecule has 0 aromatic heterocycles. The maximum atomic E-state index is 12.6. The van der Waals surface area contributed by atoms with E-state index in [0.29, 0.717) is 6.04 Å². The summed E-state index contributed by atoms with van der Waals surface area (Å²) in [6, 6.07) is 7.23. The van der Waals surface area contributed by atoms with Crippen LogP contribution in [-0.2, 0) is 0 Å². The molecule has 1 heterocycles.